The number of nitrogens with two attached hydrogens (primary N) is 2. The zero-order valence-electron chi connectivity index (χ0n) is 9.87. The number of hydrogen-bond acceptors (Lipinski definition) is 8. The van der Waals surface area contributed by atoms with Gasteiger partial charge in [0.15, 0.2) is 0 Å². The molecule has 0 saturated heterocycles. The first kappa shape index (κ1) is 15.1. The Morgan fingerprint density at radius 3 is 2.63 bits per heavy atom. The van der Waals surface area contributed by atoms with Crippen molar-refractivity contribution in [3.63, 3.8) is 0 Å². The summed E-state index contributed by atoms with van der Waals surface area (Å²) in [5.74, 6) is 5.19. The average Bonchev–Trinajstić information content (AvgIpc) is 2.33. The maximum atomic E-state index is 10.8. The summed E-state index contributed by atoms with van der Waals surface area (Å²) < 4.78 is 21.4. The quantitative estimate of drug-likeness (QED) is 0.223. The van der Waals surface area contributed by atoms with Gasteiger partial charge in [-0.15, -0.1) is 0 Å². The Morgan fingerprint density at radius 1 is 1.42 bits per heavy atom. The largest absolute Gasteiger partial charge is 0.364 e. The van der Waals surface area contributed by atoms with Gasteiger partial charge in [-0.05, 0) is 12.5 Å². The van der Waals surface area contributed by atoms with Crippen LogP contribution >= 0.6 is 0 Å². The molecule has 1 aromatic heterocycles. The fraction of sp³-hybridized carbons (Fsp3) is 0.375. The van der Waals surface area contributed by atoms with Gasteiger partial charge in [0.25, 0.3) is 0 Å². The number of nitrogen functional groups attached to an aromatic ring is 1. The number of anilines is 2. The van der Waals surface area contributed by atoms with E-state index in [1.165, 1.54) is 12.1 Å². The van der Waals surface area contributed by atoms with Crippen LogP contribution in [0.5, 0.6) is 0 Å². The highest BCUT2D eigenvalue weighted by molar-refractivity contribution is 7.89. The van der Waals surface area contributed by atoms with E-state index in [0.717, 1.165) is 0 Å². The van der Waals surface area contributed by atoms with Crippen molar-refractivity contribution in [2.45, 2.75) is 6.42 Å². The highest BCUT2D eigenvalue weighted by Gasteiger charge is 2.15. The number of sulfonamides is 1. The molecule has 106 valence electrons. The minimum atomic E-state index is -3.54. The van der Waals surface area contributed by atoms with Crippen LogP contribution in [0.15, 0.2) is 12.1 Å². The number of nitrogens with one attached hydrogen (secondary N) is 2. The van der Waals surface area contributed by atoms with E-state index in [-0.39, 0.29) is 36.0 Å². The summed E-state index contributed by atoms with van der Waals surface area (Å²) in [6.07, 6.45) is 0.206. The van der Waals surface area contributed by atoms with Crippen molar-refractivity contribution < 1.29 is 13.3 Å². The molecule has 10 nitrogen and oxygen atoms in total. The van der Waals surface area contributed by atoms with Gasteiger partial charge in [0.05, 0.1) is 10.7 Å². The minimum absolute atomic E-state index is 0.00914. The van der Waals surface area contributed by atoms with E-state index in [1.807, 2.05) is 0 Å². The molecule has 0 fully saturated rings. The van der Waals surface area contributed by atoms with Gasteiger partial charge in [-0.1, -0.05) is 0 Å². The molecule has 0 saturated carbocycles. The Morgan fingerprint density at radius 2 is 2.11 bits per heavy atom. The summed E-state index contributed by atoms with van der Waals surface area (Å²) in [6, 6.07) is 2.60. The third-order valence-electron chi connectivity index (χ3n) is 2.12. The molecular formula is C8H14N6O4S. The predicted molar refractivity (Wildman–Crippen MR) is 69.8 cm³/mol. The van der Waals surface area contributed by atoms with Gasteiger partial charge >= 0.3 is 5.69 Å². The zero-order valence-corrected chi connectivity index (χ0v) is 10.7. The van der Waals surface area contributed by atoms with E-state index < -0.39 is 14.9 Å². The van der Waals surface area contributed by atoms with Gasteiger partial charge in [0, 0.05) is 12.6 Å². The summed E-state index contributed by atoms with van der Waals surface area (Å²) in [7, 11) is -3.54. The smallest absolute Gasteiger partial charge is 0.311 e. The molecule has 1 heterocycles. The summed E-state index contributed by atoms with van der Waals surface area (Å²) in [6.45, 7) is 0.179. The second kappa shape index (κ2) is 6.26. The number of nitrogens with zero attached hydrogens (tertiary/aromatic N) is 2. The molecular weight excluding hydrogens is 276 g/mol. The summed E-state index contributed by atoms with van der Waals surface area (Å²) in [5, 5.41) is 18.3. The Kier molecular flexibility index (Phi) is 4.97. The monoisotopic (exact) mass is 290 g/mol. The SMILES string of the molecule is NNc1ccc([N+](=O)[O-])c(NCCCS(N)(=O)=O)n1. The lowest BCUT2D eigenvalue weighted by atomic mass is 10.3. The van der Waals surface area contributed by atoms with Crippen molar-refractivity contribution >= 4 is 27.3 Å². The summed E-state index contributed by atoms with van der Waals surface area (Å²) in [4.78, 5) is 14.0. The second-order valence-corrected chi connectivity index (χ2v) is 5.35. The first-order valence-electron chi connectivity index (χ1n) is 5.20. The molecule has 0 radical (unpaired) electrons. The van der Waals surface area contributed by atoms with Crippen molar-refractivity contribution in [2.24, 2.45) is 11.0 Å². The lowest BCUT2D eigenvalue weighted by Crippen LogP contribution is -2.19. The van der Waals surface area contributed by atoms with Gasteiger partial charge < -0.3 is 10.7 Å². The third kappa shape index (κ3) is 5.03. The third-order valence-corrected chi connectivity index (χ3v) is 2.97. The molecule has 0 atom stereocenters. The Bertz CT molecular complexity index is 560. The van der Waals surface area contributed by atoms with Gasteiger partial charge in [-0.25, -0.2) is 24.4 Å². The highest BCUT2D eigenvalue weighted by Crippen LogP contribution is 2.23. The number of primary sulfonamides is 1. The molecule has 6 N–H and O–H groups in total. The molecule has 0 spiro atoms. The van der Waals surface area contributed by atoms with Crippen LogP contribution < -0.4 is 21.7 Å². The van der Waals surface area contributed by atoms with E-state index in [2.05, 4.69) is 15.7 Å². The lowest BCUT2D eigenvalue weighted by molar-refractivity contribution is -0.384. The fourth-order valence-corrected chi connectivity index (χ4v) is 1.84. The predicted octanol–water partition coefficient (Wildman–Crippen LogP) is -0.634. The Labute approximate surface area is 109 Å². The molecule has 1 aromatic rings. The molecule has 0 aliphatic carbocycles. The number of hydrogen-bond donors (Lipinski definition) is 4. The number of hydrazine groups is 1. The van der Waals surface area contributed by atoms with Crippen LogP contribution in [0.2, 0.25) is 0 Å². The fourth-order valence-electron chi connectivity index (χ4n) is 1.29. The Balaban J connectivity index is 2.72. The number of aromatic nitrogens is 1. The maximum Gasteiger partial charge on any atom is 0.311 e. The van der Waals surface area contributed by atoms with Crippen molar-refractivity contribution in [2.75, 3.05) is 23.0 Å². The summed E-state index contributed by atoms with van der Waals surface area (Å²) in [5.41, 5.74) is 2.03. The van der Waals surface area contributed by atoms with Crippen molar-refractivity contribution in [1.29, 1.82) is 0 Å². The van der Waals surface area contributed by atoms with E-state index in [9.17, 15) is 18.5 Å². The van der Waals surface area contributed by atoms with Crippen molar-refractivity contribution in [1.82, 2.24) is 4.98 Å². The van der Waals surface area contributed by atoms with Crippen LogP contribution in [0.4, 0.5) is 17.3 Å². The highest BCUT2D eigenvalue weighted by atomic mass is 32.2. The van der Waals surface area contributed by atoms with Crippen LogP contribution in [0, 0.1) is 10.1 Å². The maximum absolute atomic E-state index is 10.8. The summed E-state index contributed by atoms with van der Waals surface area (Å²) >= 11 is 0. The van der Waals surface area contributed by atoms with E-state index in [0.29, 0.717) is 0 Å². The number of rotatable bonds is 7. The number of pyridine rings is 1. The normalized spacial score (nSPS) is 11.1. The van der Waals surface area contributed by atoms with Crippen LogP contribution in [0.25, 0.3) is 0 Å². The molecule has 0 aromatic carbocycles. The van der Waals surface area contributed by atoms with E-state index in [1.54, 1.807) is 0 Å². The lowest BCUT2D eigenvalue weighted by Gasteiger charge is -2.07. The standard InChI is InChI=1S/C8H14N6O4S/c9-13-7-3-2-6(14(15)16)8(12-7)11-4-1-5-19(10,17)18/h2-3H,1,4-5,9H2,(H2,10,17,18)(H2,11,12,13). The van der Waals surface area contributed by atoms with Crippen molar-refractivity contribution in [3.05, 3.63) is 22.2 Å². The molecule has 11 heteroatoms. The average molecular weight is 290 g/mol. The van der Waals surface area contributed by atoms with Gasteiger partial charge in [-0.3, -0.25) is 10.1 Å². The number of nitro groups is 1. The molecule has 0 bridgehead atoms. The van der Waals surface area contributed by atoms with Crippen molar-refractivity contribution in [3.8, 4) is 0 Å². The Hall–Kier alpha value is -1.98. The molecule has 0 unspecified atom stereocenters. The molecule has 0 aliphatic rings. The molecule has 1 rings (SSSR count). The zero-order chi connectivity index (χ0) is 14.5. The van der Waals surface area contributed by atoms with E-state index >= 15 is 0 Å². The topological polar surface area (TPSA) is 166 Å². The first-order valence-corrected chi connectivity index (χ1v) is 6.91. The first-order chi connectivity index (χ1) is 8.83. The van der Waals surface area contributed by atoms with Crippen LogP contribution in [0.1, 0.15) is 6.42 Å². The van der Waals surface area contributed by atoms with Gasteiger partial charge in [0.1, 0.15) is 5.82 Å². The minimum Gasteiger partial charge on any atom is -0.364 e. The molecule has 0 amide bonds. The van der Waals surface area contributed by atoms with Crippen LogP contribution in [-0.2, 0) is 10.0 Å². The van der Waals surface area contributed by atoms with Crippen LogP contribution in [0.3, 0.4) is 0 Å². The van der Waals surface area contributed by atoms with Crippen LogP contribution in [-0.4, -0.2) is 30.6 Å². The van der Waals surface area contributed by atoms with Gasteiger partial charge in [0.2, 0.25) is 15.8 Å². The molecule has 0 aliphatic heterocycles. The van der Waals surface area contributed by atoms with Gasteiger partial charge in [-0.2, -0.15) is 0 Å². The molecule has 19 heavy (non-hydrogen) atoms. The second-order valence-electron chi connectivity index (χ2n) is 3.61. The van der Waals surface area contributed by atoms with E-state index in [4.69, 9.17) is 11.0 Å².